The molecule has 1 heterocycles. The molecule has 0 radical (unpaired) electrons. The summed E-state index contributed by atoms with van der Waals surface area (Å²) < 4.78 is 6.60. The molecule has 8 aromatic rings. The van der Waals surface area contributed by atoms with Gasteiger partial charge in [0.25, 0.3) is 0 Å². The molecule has 0 amide bonds. The van der Waals surface area contributed by atoms with Crippen LogP contribution in [0.5, 0.6) is 11.5 Å². The third-order valence-corrected chi connectivity index (χ3v) is 9.29. The summed E-state index contributed by atoms with van der Waals surface area (Å²) in [5.74, 6) is 1.76. The molecule has 0 spiro atoms. The minimum absolute atomic E-state index is 0.874. The number of hydrogen-bond donors (Lipinski definition) is 0. The van der Waals surface area contributed by atoms with E-state index >= 15 is 0 Å². The first-order chi connectivity index (χ1) is 23.8. The second-order valence-electron chi connectivity index (χ2n) is 12.1. The van der Waals surface area contributed by atoms with E-state index in [0.717, 1.165) is 44.9 Å². The van der Waals surface area contributed by atoms with Crippen LogP contribution in [0.3, 0.4) is 0 Å². The van der Waals surface area contributed by atoms with E-state index < -0.39 is 0 Å². The van der Waals surface area contributed by atoms with Crippen molar-refractivity contribution in [1.82, 2.24) is 0 Å². The van der Waals surface area contributed by atoms with Crippen molar-refractivity contribution in [2.45, 2.75) is 0 Å². The zero-order valence-corrected chi connectivity index (χ0v) is 26.3. The molecule has 2 nitrogen and oxygen atoms in total. The van der Waals surface area contributed by atoms with Gasteiger partial charge in [-0.05, 0) is 75.8 Å². The summed E-state index contributed by atoms with van der Waals surface area (Å²) in [4.78, 5) is 2.37. The third kappa shape index (κ3) is 4.83. The number of benzene rings is 8. The largest absolute Gasteiger partial charge is 0.456 e. The van der Waals surface area contributed by atoms with Crippen molar-refractivity contribution in [3.05, 3.63) is 188 Å². The minimum atomic E-state index is 0.874. The highest BCUT2D eigenvalue weighted by molar-refractivity contribution is 6.14. The van der Waals surface area contributed by atoms with Crippen molar-refractivity contribution in [1.29, 1.82) is 0 Å². The maximum absolute atomic E-state index is 6.60. The van der Waals surface area contributed by atoms with Crippen molar-refractivity contribution < 1.29 is 4.74 Å². The number of nitrogens with zero attached hydrogens (tertiary/aromatic N) is 1. The SMILES string of the molecule is c1ccc(-c2ccc(N(c3ccc(-c4ccccc4)cc3)c3ccc4c5c(c(-c6ccccc6)ccc35)-c3ccccc3O4)cc2)cc1. The van der Waals surface area contributed by atoms with Gasteiger partial charge in [-0.2, -0.15) is 0 Å². The van der Waals surface area contributed by atoms with E-state index in [0.29, 0.717) is 0 Å². The molecule has 8 aromatic carbocycles. The molecule has 48 heavy (non-hydrogen) atoms. The Labute approximate surface area is 280 Å². The van der Waals surface area contributed by atoms with Gasteiger partial charge in [-0.1, -0.05) is 146 Å². The second kappa shape index (κ2) is 11.8. The van der Waals surface area contributed by atoms with Crippen LogP contribution >= 0.6 is 0 Å². The predicted octanol–water partition coefficient (Wildman–Crippen LogP) is 13.1. The third-order valence-electron chi connectivity index (χ3n) is 9.29. The smallest absolute Gasteiger partial charge is 0.136 e. The molecule has 2 heteroatoms. The summed E-state index contributed by atoms with van der Waals surface area (Å²) in [6.45, 7) is 0. The zero-order valence-electron chi connectivity index (χ0n) is 26.3. The van der Waals surface area contributed by atoms with Gasteiger partial charge in [-0.25, -0.2) is 0 Å². The Balaban J connectivity index is 1.26. The maximum atomic E-state index is 6.60. The van der Waals surface area contributed by atoms with Gasteiger partial charge >= 0.3 is 0 Å². The lowest BCUT2D eigenvalue weighted by atomic mass is 9.87. The van der Waals surface area contributed by atoms with E-state index in [4.69, 9.17) is 4.74 Å². The summed E-state index contributed by atoms with van der Waals surface area (Å²) >= 11 is 0. The molecular formula is C46H31NO. The van der Waals surface area contributed by atoms with E-state index in [2.05, 4.69) is 187 Å². The van der Waals surface area contributed by atoms with Crippen molar-refractivity contribution in [3.63, 3.8) is 0 Å². The Morgan fingerprint density at radius 2 is 0.833 bits per heavy atom. The molecule has 0 aromatic heterocycles. The fourth-order valence-electron chi connectivity index (χ4n) is 6.99. The normalized spacial score (nSPS) is 11.5. The van der Waals surface area contributed by atoms with Gasteiger partial charge in [0.1, 0.15) is 11.5 Å². The molecule has 0 N–H and O–H groups in total. The molecule has 0 bridgehead atoms. The number of fused-ring (bicyclic) bond motifs is 2. The van der Waals surface area contributed by atoms with Crippen molar-refractivity contribution in [2.24, 2.45) is 0 Å². The molecule has 0 unspecified atom stereocenters. The number of anilines is 3. The van der Waals surface area contributed by atoms with Crippen LogP contribution in [0.2, 0.25) is 0 Å². The Morgan fingerprint density at radius 1 is 0.333 bits per heavy atom. The Kier molecular flexibility index (Phi) is 6.84. The summed E-state index contributed by atoms with van der Waals surface area (Å²) in [5.41, 5.74) is 12.7. The number of ether oxygens (including phenoxy) is 1. The van der Waals surface area contributed by atoms with Crippen LogP contribution in [0.15, 0.2) is 188 Å². The first-order valence-electron chi connectivity index (χ1n) is 16.4. The standard InChI is InChI=1S/C46H31NO/c1-4-12-32(13-5-1)34-20-24-37(25-21-34)47(38-26-22-35(23-27-38)33-14-6-2-7-15-33)42-30-31-44-46-40(42)29-28-39(36-16-8-3-9-17-36)45(46)41-18-10-11-19-43(41)48-44/h1-31H. The molecular weight excluding hydrogens is 583 g/mol. The lowest BCUT2D eigenvalue weighted by molar-refractivity contribution is 0.487. The highest BCUT2D eigenvalue weighted by atomic mass is 16.5. The van der Waals surface area contributed by atoms with E-state index in [1.165, 1.54) is 38.9 Å². The average Bonchev–Trinajstić information content (AvgIpc) is 3.17. The highest BCUT2D eigenvalue weighted by Gasteiger charge is 2.26. The molecule has 9 rings (SSSR count). The Hall–Kier alpha value is -6.38. The molecule has 226 valence electrons. The summed E-state index contributed by atoms with van der Waals surface area (Å²) in [5, 5.41) is 2.26. The molecule has 1 aliphatic heterocycles. The molecule has 0 aliphatic carbocycles. The van der Waals surface area contributed by atoms with Crippen LogP contribution < -0.4 is 9.64 Å². The first-order valence-corrected chi connectivity index (χ1v) is 16.4. The summed E-state index contributed by atoms with van der Waals surface area (Å²) in [6, 6.07) is 66.8. The van der Waals surface area contributed by atoms with Gasteiger partial charge in [0.2, 0.25) is 0 Å². The first kappa shape index (κ1) is 27.9. The van der Waals surface area contributed by atoms with Crippen molar-refractivity contribution in [2.75, 3.05) is 4.90 Å². The lowest BCUT2D eigenvalue weighted by Gasteiger charge is -2.30. The maximum Gasteiger partial charge on any atom is 0.136 e. The lowest BCUT2D eigenvalue weighted by Crippen LogP contribution is -2.11. The topological polar surface area (TPSA) is 12.5 Å². The van der Waals surface area contributed by atoms with Crippen LogP contribution in [0.1, 0.15) is 0 Å². The van der Waals surface area contributed by atoms with Crippen molar-refractivity contribution >= 4 is 27.8 Å². The van der Waals surface area contributed by atoms with E-state index in [9.17, 15) is 0 Å². The van der Waals surface area contributed by atoms with E-state index in [1.807, 2.05) is 6.07 Å². The fourth-order valence-corrected chi connectivity index (χ4v) is 6.99. The van der Waals surface area contributed by atoms with E-state index in [-0.39, 0.29) is 0 Å². The summed E-state index contributed by atoms with van der Waals surface area (Å²) in [7, 11) is 0. The summed E-state index contributed by atoms with van der Waals surface area (Å²) in [6.07, 6.45) is 0. The van der Waals surface area contributed by atoms with Crippen LogP contribution in [0, 0.1) is 0 Å². The van der Waals surface area contributed by atoms with Crippen LogP contribution in [0.4, 0.5) is 17.1 Å². The molecule has 0 saturated carbocycles. The van der Waals surface area contributed by atoms with Crippen LogP contribution in [-0.4, -0.2) is 0 Å². The number of para-hydroxylation sites is 1. The van der Waals surface area contributed by atoms with Gasteiger partial charge in [0.05, 0.1) is 5.69 Å². The van der Waals surface area contributed by atoms with Crippen molar-refractivity contribution in [3.8, 4) is 56.0 Å². The fraction of sp³-hybridized carbons (Fsp3) is 0. The van der Waals surface area contributed by atoms with Gasteiger partial charge in [-0.3, -0.25) is 0 Å². The average molecular weight is 614 g/mol. The Morgan fingerprint density at radius 3 is 1.42 bits per heavy atom. The molecule has 0 fully saturated rings. The number of rotatable bonds is 6. The van der Waals surface area contributed by atoms with Crippen LogP contribution in [-0.2, 0) is 0 Å². The quantitative estimate of drug-likeness (QED) is 0.185. The highest BCUT2D eigenvalue weighted by Crippen LogP contribution is 2.53. The Bertz CT molecular complexity index is 2300. The van der Waals surface area contributed by atoms with Gasteiger partial charge in [0.15, 0.2) is 0 Å². The van der Waals surface area contributed by atoms with Crippen LogP contribution in [0.25, 0.3) is 55.3 Å². The second-order valence-corrected chi connectivity index (χ2v) is 12.1. The monoisotopic (exact) mass is 613 g/mol. The number of hydrogen-bond acceptors (Lipinski definition) is 2. The predicted molar refractivity (Wildman–Crippen MR) is 200 cm³/mol. The van der Waals surface area contributed by atoms with E-state index in [1.54, 1.807) is 0 Å². The molecule has 0 saturated heterocycles. The van der Waals surface area contributed by atoms with Gasteiger partial charge in [0, 0.05) is 33.3 Å². The molecule has 0 atom stereocenters. The van der Waals surface area contributed by atoms with Gasteiger partial charge in [-0.15, -0.1) is 0 Å². The minimum Gasteiger partial charge on any atom is -0.456 e. The van der Waals surface area contributed by atoms with Gasteiger partial charge < -0.3 is 9.64 Å². The zero-order chi connectivity index (χ0) is 31.9. The molecule has 1 aliphatic rings.